The first-order valence-corrected chi connectivity index (χ1v) is 7.27. The van der Waals surface area contributed by atoms with Crippen LogP contribution in [0.4, 0.5) is 5.69 Å². The molecule has 1 unspecified atom stereocenters. The molecule has 0 N–H and O–H groups in total. The molecular weight excluding hydrogens is 222 g/mol. The molecule has 0 fully saturated rings. The zero-order chi connectivity index (χ0) is 11.8. The van der Waals surface area contributed by atoms with Gasteiger partial charge in [0.25, 0.3) is 0 Å². The number of sulfonamides is 1. The molecule has 16 heavy (non-hydrogen) atoms. The van der Waals surface area contributed by atoms with Gasteiger partial charge in [0.2, 0.25) is 10.0 Å². The van der Waals surface area contributed by atoms with Crippen LogP contribution in [0, 0.1) is 0 Å². The smallest absolute Gasteiger partial charge is 0.235 e. The van der Waals surface area contributed by atoms with Crippen LogP contribution in [0.2, 0.25) is 0 Å². The Morgan fingerprint density at radius 2 is 2.06 bits per heavy atom. The normalized spacial score (nSPS) is 20.6. The van der Waals surface area contributed by atoms with E-state index in [4.69, 9.17) is 0 Å². The van der Waals surface area contributed by atoms with E-state index in [9.17, 15) is 8.42 Å². The number of aryl methyl sites for hydroxylation is 1. The highest BCUT2D eigenvalue weighted by Gasteiger charge is 2.30. The predicted molar refractivity (Wildman–Crippen MR) is 66.2 cm³/mol. The Balaban J connectivity index is 2.53. The van der Waals surface area contributed by atoms with Crippen LogP contribution < -0.4 is 4.31 Å². The van der Waals surface area contributed by atoms with Gasteiger partial charge in [-0.2, -0.15) is 0 Å². The molecule has 3 nitrogen and oxygen atoms in total. The Hall–Kier alpha value is -1.03. The summed E-state index contributed by atoms with van der Waals surface area (Å²) in [5.74, 6) is 0.158. The van der Waals surface area contributed by atoms with Gasteiger partial charge in [0, 0.05) is 6.04 Å². The second kappa shape index (κ2) is 4.09. The van der Waals surface area contributed by atoms with Gasteiger partial charge in [0.05, 0.1) is 11.4 Å². The van der Waals surface area contributed by atoms with Crippen LogP contribution >= 0.6 is 0 Å². The van der Waals surface area contributed by atoms with Crippen molar-refractivity contribution in [1.82, 2.24) is 0 Å². The molecule has 1 aliphatic heterocycles. The predicted octanol–water partition coefficient (Wildman–Crippen LogP) is 2.18. The number of benzene rings is 1. The van der Waals surface area contributed by atoms with Crippen LogP contribution in [0.15, 0.2) is 24.3 Å². The molecule has 1 heterocycles. The molecule has 0 spiro atoms. The quantitative estimate of drug-likeness (QED) is 0.793. The summed E-state index contributed by atoms with van der Waals surface area (Å²) in [6.45, 7) is 3.67. The average Bonchev–Trinajstić information content (AvgIpc) is 2.28. The van der Waals surface area contributed by atoms with Gasteiger partial charge in [-0.3, -0.25) is 4.31 Å². The van der Waals surface area contributed by atoms with E-state index in [0.717, 1.165) is 24.1 Å². The number of hydrogen-bond acceptors (Lipinski definition) is 2. The van der Waals surface area contributed by atoms with E-state index in [-0.39, 0.29) is 11.8 Å². The fourth-order valence-electron chi connectivity index (χ4n) is 2.22. The van der Waals surface area contributed by atoms with E-state index in [1.165, 1.54) is 0 Å². The van der Waals surface area contributed by atoms with Gasteiger partial charge in [-0.05, 0) is 38.3 Å². The van der Waals surface area contributed by atoms with E-state index in [2.05, 4.69) is 0 Å². The summed E-state index contributed by atoms with van der Waals surface area (Å²) in [6.07, 6.45) is 1.86. The topological polar surface area (TPSA) is 37.4 Å². The van der Waals surface area contributed by atoms with Crippen LogP contribution in [0.1, 0.15) is 25.8 Å². The number of nitrogens with zero attached hydrogens (tertiary/aromatic N) is 1. The third-order valence-corrected chi connectivity index (χ3v) is 5.01. The molecular formula is C12H17NO2S. The minimum atomic E-state index is -3.15. The summed E-state index contributed by atoms with van der Waals surface area (Å²) in [6, 6.07) is 7.85. The minimum Gasteiger partial charge on any atom is -0.267 e. The maximum Gasteiger partial charge on any atom is 0.235 e. The second-order valence-electron chi connectivity index (χ2n) is 4.21. The lowest BCUT2D eigenvalue weighted by molar-refractivity contribution is 0.564. The average molecular weight is 239 g/mol. The maximum absolute atomic E-state index is 12.1. The first-order valence-electron chi connectivity index (χ1n) is 5.66. The third-order valence-electron chi connectivity index (χ3n) is 3.13. The SMILES string of the molecule is CCS(=O)(=O)N1c2ccccc2CCC1C. The Morgan fingerprint density at radius 3 is 2.75 bits per heavy atom. The number of para-hydroxylation sites is 1. The summed E-state index contributed by atoms with van der Waals surface area (Å²) in [4.78, 5) is 0. The van der Waals surface area contributed by atoms with Gasteiger partial charge >= 0.3 is 0 Å². The molecule has 0 bridgehead atoms. The molecule has 1 aromatic carbocycles. The van der Waals surface area contributed by atoms with Crippen molar-refractivity contribution in [1.29, 1.82) is 0 Å². The highest BCUT2D eigenvalue weighted by molar-refractivity contribution is 7.92. The Bertz CT molecular complexity index is 482. The number of anilines is 1. The van der Waals surface area contributed by atoms with Gasteiger partial charge in [0.15, 0.2) is 0 Å². The molecule has 0 aromatic heterocycles. The van der Waals surface area contributed by atoms with E-state index < -0.39 is 10.0 Å². The fourth-order valence-corrected chi connectivity index (χ4v) is 3.63. The van der Waals surface area contributed by atoms with Gasteiger partial charge < -0.3 is 0 Å². The van der Waals surface area contributed by atoms with Gasteiger partial charge in [-0.1, -0.05) is 18.2 Å². The number of rotatable bonds is 2. The van der Waals surface area contributed by atoms with Crippen LogP contribution in [0.3, 0.4) is 0 Å². The Kier molecular flexibility index (Phi) is 2.93. The summed E-state index contributed by atoms with van der Waals surface area (Å²) >= 11 is 0. The molecule has 1 atom stereocenters. The molecule has 0 saturated heterocycles. The van der Waals surface area contributed by atoms with Crippen molar-refractivity contribution < 1.29 is 8.42 Å². The first kappa shape index (κ1) is 11.5. The minimum absolute atomic E-state index is 0.0693. The molecule has 88 valence electrons. The van der Waals surface area contributed by atoms with Gasteiger partial charge in [-0.25, -0.2) is 8.42 Å². The molecule has 1 aromatic rings. The summed E-state index contributed by atoms with van der Waals surface area (Å²) in [5.41, 5.74) is 2.00. The van der Waals surface area contributed by atoms with Crippen molar-refractivity contribution in [2.24, 2.45) is 0 Å². The van der Waals surface area contributed by atoms with Crippen LogP contribution in [-0.4, -0.2) is 20.2 Å². The van der Waals surface area contributed by atoms with E-state index in [1.807, 2.05) is 31.2 Å². The van der Waals surface area contributed by atoms with Crippen LogP contribution in [0.25, 0.3) is 0 Å². The van der Waals surface area contributed by atoms with Crippen molar-refractivity contribution in [3.63, 3.8) is 0 Å². The van der Waals surface area contributed by atoms with Gasteiger partial charge in [-0.15, -0.1) is 0 Å². The molecule has 0 aliphatic carbocycles. The molecule has 0 radical (unpaired) electrons. The van der Waals surface area contributed by atoms with Crippen molar-refractivity contribution in [2.45, 2.75) is 32.7 Å². The van der Waals surface area contributed by atoms with E-state index in [0.29, 0.717) is 0 Å². The largest absolute Gasteiger partial charge is 0.267 e. The van der Waals surface area contributed by atoms with Crippen molar-refractivity contribution in [3.05, 3.63) is 29.8 Å². The highest BCUT2D eigenvalue weighted by Crippen LogP contribution is 2.32. The third kappa shape index (κ3) is 1.82. The Morgan fingerprint density at radius 1 is 1.38 bits per heavy atom. The van der Waals surface area contributed by atoms with Crippen LogP contribution in [0.5, 0.6) is 0 Å². The Labute approximate surface area is 97.1 Å². The van der Waals surface area contributed by atoms with Crippen molar-refractivity contribution in [2.75, 3.05) is 10.1 Å². The molecule has 1 aliphatic rings. The lowest BCUT2D eigenvalue weighted by atomic mass is 9.99. The van der Waals surface area contributed by atoms with Crippen LogP contribution in [-0.2, 0) is 16.4 Å². The summed E-state index contributed by atoms with van der Waals surface area (Å²) in [5, 5.41) is 0. The molecule has 0 saturated carbocycles. The lowest BCUT2D eigenvalue weighted by Crippen LogP contribution is -2.42. The number of hydrogen-bond donors (Lipinski definition) is 0. The monoisotopic (exact) mass is 239 g/mol. The van der Waals surface area contributed by atoms with Crippen molar-refractivity contribution in [3.8, 4) is 0 Å². The summed E-state index contributed by atoms with van der Waals surface area (Å²) < 4.78 is 25.7. The zero-order valence-corrected chi connectivity index (χ0v) is 10.5. The lowest BCUT2D eigenvalue weighted by Gasteiger charge is -2.35. The standard InChI is InChI=1S/C12H17NO2S/c1-3-16(14,15)13-10(2)8-9-11-6-4-5-7-12(11)13/h4-7,10H,3,8-9H2,1-2H3. The maximum atomic E-state index is 12.1. The molecule has 4 heteroatoms. The van der Waals surface area contributed by atoms with Crippen molar-refractivity contribution >= 4 is 15.7 Å². The zero-order valence-electron chi connectivity index (χ0n) is 9.68. The van der Waals surface area contributed by atoms with E-state index >= 15 is 0 Å². The first-order chi connectivity index (χ1) is 7.56. The number of fused-ring (bicyclic) bond motifs is 1. The summed E-state index contributed by atoms with van der Waals surface area (Å²) in [7, 11) is -3.15. The molecule has 2 rings (SSSR count). The van der Waals surface area contributed by atoms with E-state index in [1.54, 1.807) is 11.2 Å². The second-order valence-corrected chi connectivity index (χ2v) is 6.35. The molecule has 0 amide bonds. The highest BCUT2D eigenvalue weighted by atomic mass is 32.2. The van der Waals surface area contributed by atoms with Gasteiger partial charge in [0.1, 0.15) is 0 Å². The fraction of sp³-hybridized carbons (Fsp3) is 0.500.